The summed E-state index contributed by atoms with van der Waals surface area (Å²) in [5.41, 5.74) is 3.37. The van der Waals surface area contributed by atoms with Gasteiger partial charge in [0.1, 0.15) is 0 Å². The van der Waals surface area contributed by atoms with Crippen LogP contribution in [0.15, 0.2) is 47.4 Å². The van der Waals surface area contributed by atoms with Gasteiger partial charge in [0.25, 0.3) is 21.6 Å². The smallest absolute Gasteiger partial charge is 0.273 e. The Morgan fingerprint density at radius 2 is 1.96 bits per heavy atom. The number of sulfonamides is 1. The fourth-order valence-electron chi connectivity index (χ4n) is 2.17. The van der Waals surface area contributed by atoms with Gasteiger partial charge >= 0.3 is 0 Å². The van der Waals surface area contributed by atoms with Gasteiger partial charge in [-0.15, -0.1) is 4.83 Å². The summed E-state index contributed by atoms with van der Waals surface area (Å²) in [5, 5.41) is 11.0. The van der Waals surface area contributed by atoms with E-state index in [-0.39, 0.29) is 10.6 Å². The lowest BCUT2D eigenvalue weighted by molar-refractivity contribution is -0.385. The van der Waals surface area contributed by atoms with Crippen LogP contribution in [-0.4, -0.2) is 25.5 Å². The number of amides is 1. The van der Waals surface area contributed by atoms with E-state index < -0.39 is 20.9 Å². The van der Waals surface area contributed by atoms with E-state index in [0.29, 0.717) is 11.1 Å². The Labute approximate surface area is 155 Å². The number of hydrazine groups is 1. The Bertz CT molecular complexity index is 945. The van der Waals surface area contributed by atoms with Gasteiger partial charge < -0.3 is 0 Å². The van der Waals surface area contributed by atoms with E-state index in [1.165, 1.54) is 19.1 Å². The van der Waals surface area contributed by atoms with Crippen molar-refractivity contribution in [3.05, 3.63) is 69.3 Å². The summed E-state index contributed by atoms with van der Waals surface area (Å²) in [6.07, 6.45) is 1.93. The highest BCUT2D eigenvalue weighted by atomic mass is 32.2. The van der Waals surface area contributed by atoms with Crippen LogP contribution in [0.2, 0.25) is 0 Å². The summed E-state index contributed by atoms with van der Waals surface area (Å²) in [4.78, 5) is 24.1. The Morgan fingerprint density at radius 3 is 2.62 bits per heavy atom. The van der Waals surface area contributed by atoms with Crippen LogP contribution < -0.4 is 10.3 Å². The van der Waals surface area contributed by atoms with Crippen LogP contribution in [-0.2, 0) is 15.8 Å². The van der Waals surface area contributed by atoms with Crippen molar-refractivity contribution in [2.24, 2.45) is 0 Å². The van der Waals surface area contributed by atoms with E-state index >= 15 is 0 Å². The molecule has 2 aromatic carbocycles. The lowest BCUT2D eigenvalue weighted by atomic mass is 10.1. The number of carbonyl (C=O) groups is 1. The first-order valence-electron chi connectivity index (χ1n) is 7.39. The predicted octanol–water partition coefficient (Wildman–Crippen LogP) is 2.39. The molecule has 0 aliphatic carbocycles. The van der Waals surface area contributed by atoms with Crippen molar-refractivity contribution in [3.63, 3.8) is 0 Å². The number of nitrogens with zero attached hydrogens (tertiary/aromatic N) is 1. The lowest BCUT2D eigenvalue weighted by Crippen LogP contribution is -2.41. The molecular weight excluding hydrogens is 378 g/mol. The molecule has 0 atom stereocenters. The minimum atomic E-state index is -4.15. The molecule has 10 heteroatoms. The van der Waals surface area contributed by atoms with Gasteiger partial charge in [0.2, 0.25) is 0 Å². The molecule has 0 radical (unpaired) electrons. The van der Waals surface area contributed by atoms with E-state index in [4.69, 9.17) is 0 Å². The number of carbonyl (C=O) groups excluding carboxylic acids is 1. The molecule has 2 aromatic rings. The molecule has 8 nitrogen and oxygen atoms in total. The minimum absolute atomic E-state index is 0.300. The molecule has 0 saturated heterocycles. The SMILES string of the molecule is CSCc1cccc(C(=O)NNS(=O)(=O)c2ccc(C)c([N+](=O)[O-])c2)c1. The molecule has 0 heterocycles. The summed E-state index contributed by atoms with van der Waals surface area (Å²) in [7, 11) is -4.15. The van der Waals surface area contributed by atoms with E-state index in [0.717, 1.165) is 17.4 Å². The third-order valence-corrected chi connectivity index (χ3v) is 5.35. The summed E-state index contributed by atoms with van der Waals surface area (Å²) < 4.78 is 24.5. The van der Waals surface area contributed by atoms with Gasteiger partial charge in [-0.3, -0.25) is 20.3 Å². The van der Waals surface area contributed by atoms with Crippen molar-refractivity contribution in [2.75, 3.05) is 6.26 Å². The number of nitrogens with one attached hydrogen (secondary N) is 2. The van der Waals surface area contributed by atoms with Gasteiger partial charge in [-0.1, -0.05) is 18.2 Å². The highest BCUT2D eigenvalue weighted by molar-refractivity contribution is 7.97. The van der Waals surface area contributed by atoms with Gasteiger partial charge in [0.15, 0.2) is 0 Å². The zero-order valence-electron chi connectivity index (χ0n) is 14.1. The number of hydrogen-bond donors (Lipinski definition) is 2. The van der Waals surface area contributed by atoms with E-state index in [2.05, 4.69) is 5.43 Å². The normalized spacial score (nSPS) is 11.2. The molecule has 2 rings (SSSR count). The third kappa shape index (κ3) is 4.81. The predicted molar refractivity (Wildman–Crippen MR) is 99.3 cm³/mol. The third-order valence-electron chi connectivity index (χ3n) is 3.49. The van der Waals surface area contributed by atoms with Gasteiger partial charge in [-0.2, -0.15) is 11.8 Å². The van der Waals surface area contributed by atoms with Crippen LogP contribution in [0.25, 0.3) is 0 Å². The molecule has 0 aliphatic heterocycles. The number of nitro benzene ring substituents is 1. The molecule has 0 fully saturated rings. The van der Waals surface area contributed by atoms with Crippen molar-refractivity contribution in [1.29, 1.82) is 0 Å². The molecular formula is C16H17N3O5S2. The van der Waals surface area contributed by atoms with Crippen molar-refractivity contribution in [2.45, 2.75) is 17.6 Å². The molecule has 1 amide bonds. The molecule has 0 aromatic heterocycles. The maximum atomic E-state index is 12.3. The van der Waals surface area contributed by atoms with Crippen LogP contribution in [0.3, 0.4) is 0 Å². The first-order chi connectivity index (χ1) is 12.2. The Morgan fingerprint density at radius 1 is 1.23 bits per heavy atom. The van der Waals surface area contributed by atoms with Crippen molar-refractivity contribution >= 4 is 33.4 Å². The van der Waals surface area contributed by atoms with E-state index in [1.807, 2.05) is 17.2 Å². The Kier molecular flexibility index (Phi) is 6.35. The average molecular weight is 395 g/mol. The van der Waals surface area contributed by atoms with Gasteiger partial charge in [0, 0.05) is 22.9 Å². The largest absolute Gasteiger partial charge is 0.273 e. The second-order valence-corrected chi connectivity index (χ2v) is 7.95. The van der Waals surface area contributed by atoms with Crippen LogP contribution in [0.5, 0.6) is 0 Å². The number of thioether (sulfide) groups is 1. The van der Waals surface area contributed by atoms with Crippen LogP contribution >= 0.6 is 11.8 Å². The first kappa shape index (κ1) is 19.9. The number of hydrogen-bond acceptors (Lipinski definition) is 6. The quantitative estimate of drug-likeness (QED) is 0.549. The summed E-state index contributed by atoms with van der Waals surface area (Å²) in [5.74, 6) is 0.0954. The molecule has 0 aliphatic rings. The summed E-state index contributed by atoms with van der Waals surface area (Å²) in [6.45, 7) is 1.51. The first-order valence-corrected chi connectivity index (χ1v) is 10.3. The zero-order chi connectivity index (χ0) is 19.3. The fraction of sp³-hybridized carbons (Fsp3) is 0.188. The monoisotopic (exact) mass is 395 g/mol. The van der Waals surface area contributed by atoms with Crippen molar-refractivity contribution < 1.29 is 18.1 Å². The molecule has 2 N–H and O–H groups in total. The average Bonchev–Trinajstić information content (AvgIpc) is 2.60. The maximum absolute atomic E-state index is 12.3. The number of rotatable bonds is 7. The number of aryl methyl sites for hydroxylation is 1. The highest BCUT2D eigenvalue weighted by Gasteiger charge is 2.20. The van der Waals surface area contributed by atoms with Gasteiger partial charge in [-0.05, 0) is 36.9 Å². The summed E-state index contributed by atoms with van der Waals surface area (Å²) in [6, 6.07) is 10.3. The van der Waals surface area contributed by atoms with Gasteiger partial charge in [-0.25, -0.2) is 8.42 Å². The lowest BCUT2D eigenvalue weighted by Gasteiger charge is -2.09. The Hall–Kier alpha value is -2.43. The second-order valence-electron chi connectivity index (χ2n) is 5.40. The topological polar surface area (TPSA) is 118 Å². The maximum Gasteiger partial charge on any atom is 0.273 e. The summed E-state index contributed by atoms with van der Waals surface area (Å²) >= 11 is 1.60. The van der Waals surface area contributed by atoms with E-state index in [1.54, 1.807) is 30.0 Å². The molecule has 0 unspecified atom stereocenters. The standard InChI is InChI=1S/C16H17N3O5S2/c1-11-6-7-14(9-15(11)19(21)22)26(23,24)18-17-16(20)13-5-3-4-12(8-13)10-25-2/h3-9,18H,10H2,1-2H3,(H,17,20). The minimum Gasteiger partial charge on any atom is -0.273 e. The second kappa shape index (κ2) is 8.30. The van der Waals surface area contributed by atoms with E-state index in [9.17, 15) is 23.3 Å². The fourth-order valence-corrected chi connectivity index (χ4v) is 3.54. The molecule has 0 saturated carbocycles. The Balaban J connectivity index is 2.15. The molecule has 0 spiro atoms. The van der Waals surface area contributed by atoms with Gasteiger partial charge in [0.05, 0.1) is 9.82 Å². The number of nitro groups is 1. The van der Waals surface area contributed by atoms with Crippen molar-refractivity contribution in [3.8, 4) is 0 Å². The number of benzene rings is 2. The van der Waals surface area contributed by atoms with Crippen LogP contribution in [0.1, 0.15) is 21.5 Å². The molecule has 138 valence electrons. The highest BCUT2D eigenvalue weighted by Crippen LogP contribution is 2.21. The van der Waals surface area contributed by atoms with Crippen LogP contribution in [0, 0.1) is 17.0 Å². The molecule has 26 heavy (non-hydrogen) atoms. The molecule has 0 bridgehead atoms. The van der Waals surface area contributed by atoms with Crippen molar-refractivity contribution in [1.82, 2.24) is 10.3 Å². The van der Waals surface area contributed by atoms with Crippen LogP contribution in [0.4, 0.5) is 5.69 Å². The zero-order valence-corrected chi connectivity index (χ0v) is 15.7.